The first kappa shape index (κ1) is 17.4. The lowest BCUT2D eigenvalue weighted by atomic mass is 9.72. The Kier molecular flexibility index (Phi) is 6.49. The van der Waals surface area contributed by atoms with E-state index in [9.17, 15) is 14.9 Å². The molecule has 108 valence electrons. The Morgan fingerprint density at radius 1 is 1.32 bits per heavy atom. The van der Waals surface area contributed by atoms with Crippen molar-refractivity contribution in [1.82, 2.24) is 0 Å². The standard InChI is InChI=1S/C13H21NO5/c1-5-13(9-14,8-12(2,3)10(15)16)11(17)19-7-6-18-4/h5-8H2,1-4H3,(H,15,16). The fourth-order valence-electron chi connectivity index (χ4n) is 1.69. The van der Waals surface area contributed by atoms with Gasteiger partial charge in [0, 0.05) is 7.11 Å². The summed E-state index contributed by atoms with van der Waals surface area (Å²) >= 11 is 0. The maximum absolute atomic E-state index is 12.0. The molecular formula is C13H21NO5. The molecule has 6 heteroatoms. The maximum Gasteiger partial charge on any atom is 0.326 e. The Hall–Kier alpha value is -1.61. The van der Waals surface area contributed by atoms with Gasteiger partial charge < -0.3 is 14.6 Å². The minimum Gasteiger partial charge on any atom is -0.481 e. The molecule has 0 aliphatic carbocycles. The van der Waals surface area contributed by atoms with Gasteiger partial charge in [0.25, 0.3) is 0 Å². The van der Waals surface area contributed by atoms with Gasteiger partial charge in [-0.25, -0.2) is 0 Å². The number of nitriles is 1. The van der Waals surface area contributed by atoms with Crippen LogP contribution in [0, 0.1) is 22.2 Å². The molecule has 0 fully saturated rings. The van der Waals surface area contributed by atoms with Crippen molar-refractivity contribution in [3.63, 3.8) is 0 Å². The van der Waals surface area contributed by atoms with Crippen molar-refractivity contribution >= 4 is 11.9 Å². The van der Waals surface area contributed by atoms with Gasteiger partial charge in [0.1, 0.15) is 6.61 Å². The number of carbonyl (C=O) groups is 2. The summed E-state index contributed by atoms with van der Waals surface area (Å²) < 4.78 is 9.73. The van der Waals surface area contributed by atoms with Crippen LogP contribution in [0.1, 0.15) is 33.6 Å². The van der Waals surface area contributed by atoms with Gasteiger partial charge in [-0.15, -0.1) is 0 Å². The Bertz CT molecular complexity index is 372. The number of ether oxygens (including phenoxy) is 2. The SMILES string of the molecule is CCC(C#N)(CC(C)(C)C(=O)O)C(=O)OCCOC. The van der Waals surface area contributed by atoms with Crippen LogP contribution in [0.15, 0.2) is 0 Å². The maximum atomic E-state index is 12.0. The van der Waals surface area contributed by atoms with Crippen molar-refractivity contribution in [2.75, 3.05) is 20.3 Å². The highest BCUT2D eigenvalue weighted by molar-refractivity contribution is 5.82. The third-order valence-corrected chi connectivity index (χ3v) is 3.05. The lowest BCUT2D eigenvalue weighted by molar-refractivity contribution is -0.158. The molecule has 0 aromatic rings. The van der Waals surface area contributed by atoms with Crippen LogP contribution < -0.4 is 0 Å². The van der Waals surface area contributed by atoms with E-state index in [-0.39, 0.29) is 26.1 Å². The second-order valence-electron chi connectivity index (χ2n) is 5.04. The largest absolute Gasteiger partial charge is 0.481 e. The Labute approximate surface area is 113 Å². The molecule has 0 aliphatic rings. The Morgan fingerprint density at radius 2 is 1.89 bits per heavy atom. The molecule has 0 spiro atoms. The van der Waals surface area contributed by atoms with Crippen molar-refractivity contribution in [2.24, 2.45) is 10.8 Å². The first-order valence-electron chi connectivity index (χ1n) is 6.06. The topological polar surface area (TPSA) is 96.6 Å². The number of carboxylic acid groups (broad SMARTS) is 1. The van der Waals surface area contributed by atoms with E-state index in [1.807, 2.05) is 6.07 Å². The molecule has 0 heterocycles. The van der Waals surface area contributed by atoms with E-state index >= 15 is 0 Å². The zero-order valence-electron chi connectivity index (χ0n) is 11.9. The highest BCUT2D eigenvalue weighted by Crippen LogP contribution is 2.37. The predicted octanol–water partition coefficient (Wildman–Crippen LogP) is 1.60. The number of aliphatic carboxylic acids is 1. The zero-order valence-corrected chi connectivity index (χ0v) is 11.9. The van der Waals surface area contributed by atoms with Gasteiger partial charge in [0.2, 0.25) is 0 Å². The minimum absolute atomic E-state index is 0.0479. The number of rotatable bonds is 8. The van der Waals surface area contributed by atoms with Gasteiger partial charge in [0.05, 0.1) is 18.1 Å². The third kappa shape index (κ3) is 4.52. The second-order valence-corrected chi connectivity index (χ2v) is 5.04. The number of nitrogens with zero attached hydrogens (tertiary/aromatic N) is 1. The molecule has 0 amide bonds. The molecule has 0 aromatic carbocycles. The third-order valence-electron chi connectivity index (χ3n) is 3.05. The summed E-state index contributed by atoms with van der Waals surface area (Å²) in [6.07, 6.45) is 0.111. The molecular weight excluding hydrogens is 250 g/mol. The van der Waals surface area contributed by atoms with E-state index in [0.29, 0.717) is 0 Å². The molecule has 19 heavy (non-hydrogen) atoms. The van der Waals surface area contributed by atoms with Crippen molar-refractivity contribution in [3.05, 3.63) is 0 Å². The normalized spacial score (nSPS) is 14.3. The molecule has 6 nitrogen and oxygen atoms in total. The number of carboxylic acids is 1. The molecule has 0 aromatic heterocycles. The van der Waals surface area contributed by atoms with Gasteiger partial charge in [-0.1, -0.05) is 6.92 Å². The van der Waals surface area contributed by atoms with Crippen LogP contribution in [0.3, 0.4) is 0 Å². The first-order valence-corrected chi connectivity index (χ1v) is 6.06. The van der Waals surface area contributed by atoms with Gasteiger partial charge in [-0.2, -0.15) is 5.26 Å². The van der Waals surface area contributed by atoms with Crippen LogP contribution in [0.5, 0.6) is 0 Å². The molecule has 0 rings (SSSR count). The molecule has 1 unspecified atom stereocenters. The van der Waals surface area contributed by atoms with E-state index in [2.05, 4.69) is 0 Å². The molecule has 1 atom stereocenters. The molecule has 0 radical (unpaired) electrons. The van der Waals surface area contributed by atoms with Gasteiger partial charge in [-0.3, -0.25) is 9.59 Å². The first-order chi connectivity index (χ1) is 8.75. The van der Waals surface area contributed by atoms with Gasteiger partial charge >= 0.3 is 11.9 Å². The minimum atomic E-state index is -1.43. The van der Waals surface area contributed by atoms with Crippen molar-refractivity contribution in [3.8, 4) is 6.07 Å². The summed E-state index contributed by atoms with van der Waals surface area (Å²) in [5.41, 5.74) is -2.61. The number of esters is 1. The summed E-state index contributed by atoms with van der Waals surface area (Å²) in [6, 6.07) is 1.92. The summed E-state index contributed by atoms with van der Waals surface area (Å²) in [4.78, 5) is 23.1. The highest BCUT2D eigenvalue weighted by Gasteiger charge is 2.46. The lowest BCUT2D eigenvalue weighted by Gasteiger charge is -2.30. The number of hydrogen-bond acceptors (Lipinski definition) is 5. The average molecular weight is 271 g/mol. The summed E-state index contributed by atoms with van der Waals surface area (Å²) in [6.45, 7) is 4.92. The summed E-state index contributed by atoms with van der Waals surface area (Å²) in [7, 11) is 1.47. The van der Waals surface area contributed by atoms with E-state index in [1.54, 1.807) is 6.92 Å². The fourth-order valence-corrected chi connectivity index (χ4v) is 1.69. The van der Waals surface area contributed by atoms with Gasteiger partial charge in [0.15, 0.2) is 5.41 Å². The van der Waals surface area contributed by atoms with E-state index < -0.39 is 22.8 Å². The molecule has 0 aliphatic heterocycles. The van der Waals surface area contributed by atoms with Crippen LogP contribution >= 0.6 is 0 Å². The summed E-state index contributed by atoms with van der Waals surface area (Å²) in [5.74, 6) is -1.74. The van der Waals surface area contributed by atoms with Crippen LogP contribution in [0.4, 0.5) is 0 Å². The smallest absolute Gasteiger partial charge is 0.326 e. The average Bonchev–Trinajstić information content (AvgIpc) is 2.36. The summed E-state index contributed by atoms with van der Waals surface area (Å²) in [5, 5.41) is 18.4. The number of methoxy groups -OCH3 is 1. The van der Waals surface area contributed by atoms with Crippen molar-refractivity contribution in [2.45, 2.75) is 33.6 Å². The van der Waals surface area contributed by atoms with Crippen molar-refractivity contribution < 1.29 is 24.2 Å². The van der Waals surface area contributed by atoms with E-state index in [1.165, 1.54) is 21.0 Å². The van der Waals surface area contributed by atoms with Crippen LogP contribution in [-0.2, 0) is 19.1 Å². The number of carbonyl (C=O) groups excluding carboxylic acids is 1. The van der Waals surface area contributed by atoms with E-state index in [0.717, 1.165) is 0 Å². The van der Waals surface area contributed by atoms with E-state index in [4.69, 9.17) is 14.6 Å². The predicted molar refractivity (Wildman–Crippen MR) is 67.2 cm³/mol. The monoisotopic (exact) mass is 271 g/mol. The Morgan fingerprint density at radius 3 is 2.26 bits per heavy atom. The van der Waals surface area contributed by atoms with Crippen molar-refractivity contribution in [1.29, 1.82) is 5.26 Å². The second kappa shape index (κ2) is 7.10. The van der Waals surface area contributed by atoms with Crippen LogP contribution in [0.25, 0.3) is 0 Å². The zero-order chi connectivity index (χ0) is 15.1. The lowest BCUT2D eigenvalue weighted by Crippen LogP contribution is -2.39. The molecule has 0 saturated carbocycles. The molecule has 0 saturated heterocycles. The van der Waals surface area contributed by atoms with Crippen LogP contribution in [-0.4, -0.2) is 37.4 Å². The van der Waals surface area contributed by atoms with Crippen LogP contribution in [0.2, 0.25) is 0 Å². The Balaban J connectivity index is 5.01. The molecule has 1 N–H and O–H groups in total. The fraction of sp³-hybridized carbons (Fsp3) is 0.769. The quantitative estimate of drug-likeness (QED) is 0.532. The number of hydrogen-bond donors (Lipinski definition) is 1. The highest BCUT2D eigenvalue weighted by atomic mass is 16.6. The van der Waals surface area contributed by atoms with Gasteiger partial charge in [-0.05, 0) is 26.7 Å². The molecule has 0 bridgehead atoms.